The van der Waals surface area contributed by atoms with Gasteiger partial charge in [-0.15, -0.1) is 0 Å². The molecule has 1 aliphatic carbocycles. The molecular weight excluding hydrogens is 408 g/mol. The Morgan fingerprint density at radius 2 is 1.88 bits per heavy atom. The molecule has 5 heteroatoms. The Kier molecular flexibility index (Phi) is 4.49. The summed E-state index contributed by atoms with van der Waals surface area (Å²) in [4.78, 5) is 15.0. The van der Waals surface area contributed by atoms with Gasteiger partial charge >= 0.3 is 0 Å². The average molecular weight is 435 g/mol. The number of benzene rings is 3. The molecule has 2 aliphatic rings. The van der Waals surface area contributed by atoms with E-state index in [9.17, 15) is 4.79 Å². The van der Waals surface area contributed by atoms with Crippen molar-refractivity contribution >= 4 is 34.6 Å². The Hall–Kier alpha value is -3.70. The highest BCUT2D eigenvalue weighted by Gasteiger charge is 2.65. The molecule has 0 bridgehead atoms. The molecule has 1 amide bonds. The molecule has 2 N–H and O–H groups in total. The number of fused-ring (bicyclic) bond motifs is 3. The Labute approximate surface area is 193 Å². The van der Waals surface area contributed by atoms with E-state index in [2.05, 4.69) is 95.2 Å². The molecule has 0 unspecified atom stereocenters. The minimum absolute atomic E-state index is 0.124. The van der Waals surface area contributed by atoms with Crippen molar-refractivity contribution in [3.05, 3.63) is 94.7 Å². The van der Waals surface area contributed by atoms with Crippen LogP contribution in [-0.4, -0.2) is 35.1 Å². The molecule has 33 heavy (non-hydrogen) atoms. The van der Waals surface area contributed by atoms with E-state index >= 15 is 0 Å². The van der Waals surface area contributed by atoms with E-state index in [1.54, 1.807) is 0 Å². The molecule has 1 spiro atoms. The summed E-state index contributed by atoms with van der Waals surface area (Å²) in [5.74, 6) is 0.326. The number of aromatic amines is 1. The van der Waals surface area contributed by atoms with Gasteiger partial charge in [-0.3, -0.25) is 9.89 Å². The van der Waals surface area contributed by atoms with Gasteiger partial charge in [0.2, 0.25) is 5.91 Å². The minimum Gasteiger partial charge on any atom is -0.325 e. The van der Waals surface area contributed by atoms with Crippen LogP contribution < -0.4 is 5.32 Å². The number of nitrogens with one attached hydrogen (secondary N) is 2. The number of hydrogen-bond donors (Lipinski definition) is 2. The van der Waals surface area contributed by atoms with Gasteiger partial charge in [0.15, 0.2) is 0 Å². The van der Waals surface area contributed by atoms with Crippen LogP contribution in [0.3, 0.4) is 0 Å². The molecule has 2 heterocycles. The first-order valence-electron chi connectivity index (χ1n) is 11.4. The molecule has 0 saturated heterocycles. The minimum atomic E-state index is -0.411. The van der Waals surface area contributed by atoms with Crippen LogP contribution in [0.2, 0.25) is 0 Å². The molecular formula is C28H26N4O. The molecule has 1 saturated carbocycles. The topological polar surface area (TPSA) is 61.0 Å². The van der Waals surface area contributed by atoms with E-state index in [1.165, 1.54) is 11.1 Å². The zero-order chi connectivity index (χ0) is 22.6. The van der Waals surface area contributed by atoms with Crippen LogP contribution in [0.15, 0.2) is 66.7 Å². The highest BCUT2D eigenvalue weighted by atomic mass is 16.2. The van der Waals surface area contributed by atoms with Crippen LogP contribution in [0, 0.1) is 0 Å². The van der Waals surface area contributed by atoms with Gasteiger partial charge in [0, 0.05) is 23.5 Å². The average Bonchev–Trinajstić information content (AvgIpc) is 3.35. The molecule has 164 valence electrons. The van der Waals surface area contributed by atoms with Crippen LogP contribution in [0.1, 0.15) is 40.3 Å². The summed E-state index contributed by atoms with van der Waals surface area (Å²) in [6.45, 7) is 0.936. The van der Waals surface area contributed by atoms with Gasteiger partial charge in [-0.25, -0.2) is 0 Å². The first-order chi connectivity index (χ1) is 16.0. The summed E-state index contributed by atoms with van der Waals surface area (Å²) in [6.07, 6.45) is 5.00. The van der Waals surface area contributed by atoms with Gasteiger partial charge in [0.05, 0.1) is 16.6 Å². The third-order valence-corrected chi connectivity index (χ3v) is 6.95. The van der Waals surface area contributed by atoms with Crippen LogP contribution in [-0.2, 0) is 16.8 Å². The van der Waals surface area contributed by atoms with Gasteiger partial charge < -0.3 is 10.2 Å². The van der Waals surface area contributed by atoms with Crippen LogP contribution in [0.25, 0.3) is 23.1 Å². The highest BCUT2D eigenvalue weighted by molar-refractivity contribution is 6.09. The molecule has 0 radical (unpaired) electrons. The zero-order valence-electron chi connectivity index (χ0n) is 18.8. The maximum Gasteiger partial charge on any atom is 0.235 e. The van der Waals surface area contributed by atoms with E-state index in [0.29, 0.717) is 0 Å². The summed E-state index contributed by atoms with van der Waals surface area (Å²) in [7, 11) is 4.15. The van der Waals surface area contributed by atoms with Gasteiger partial charge in [-0.2, -0.15) is 5.10 Å². The lowest BCUT2D eigenvalue weighted by Gasteiger charge is -2.09. The van der Waals surface area contributed by atoms with E-state index in [0.717, 1.165) is 46.4 Å². The first kappa shape index (κ1) is 19.9. The molecule has 5 nitrogen and oxygen atoms in total. The Balaban J connectivity index is 1.24. The maximum absolute atomic E-state index is 12.8. The standard InChI is InChI=1S/C28H26N4O/c1-32(2)17-19-9-7-18(8-10-19)11-14-24-21-13-12-20(15-26(21)31-30-24)23-16-28(23)22-5-3-4-6-25(22)29-27(28)33/h3-15,23H,16-17H2,1-2H3,(H,29,33)(H,30,31)/t23-,28-/m1/s1. The quantitative estimate of drug-likeness (QED) is 0.455. The van der Waals surface area contributed by atoms with E-state index in [-0.39, 0.29) is 11.8 Å². The number of anilines is 1. The second kappa shape index (κ2) is 7.42. The second-order valence-electron chi connectivity index (χ2n) is 9.45. The lowest BCUT2D eigenvalue weighted by molar-refractivity contribution is -0.118. The monoisotopic (exact) mass is 434 g/mol. The number of para-hydroxylation sites is 1. The van der Waals surface area contributed by atoms with Crippen molar-refractivity contribution in [3.63, 3.8) is 0 Å². The van der Waals surface area contributed by atoms with Crippen molar-refractivity contribution in [1.82, 2.24) is 15.1 Å². The predicted molar refractivity (Wildman–Crippen MR) is 133 cm³/mol. The lowest BCUT2D eigenvalue weighted by Crippen LogP contribution is -2.20. The van der Waals surface area contributed by atoms with Crippen molar-refractivity contribution in [2.75, 3.05) is 19.4 Å². The molecule has 6 rings (SSSR count). The lowest BCUT2D eigenvalue weighted by atomic mass is 9.92. The van der Waals surface area contributed by atoms with E-state index < -0.39 is 5.41 Å². The number of carbonyl (C=O) groups is 1. The molecule has 2 atom stereocenters. The fraction of sp³-hybridized carbons (Fsp3) is 0.214. The molecule has 3 aromatic carbocycles. The van der Waals surface area contributed by atoms with Crippen LogP contribution in [0.5, 0.6) is 0 Å². The summed E-state index contributed by atoms with van der Waals surface area (Å²) >= 11 is 0. The molecule has 1 aliphatic heterocycles. The molecule has 4 aromatic rings. The van der Waals surface area contributed by atoms with Crippen molar-refractivity contribution in [2.24, 2.45) is 0 Å². The van der Waals surface area contributed by atoms with Crippen molar-refractivity contribution in [2.45, 2.75) is 24.3 Å². The number of amides is 1. The Morgan fingerprint density at radius 1 is 1.06 bits per heavy atom. The number of rotatable bonds is 5. The Morgan fingerprint density at radius 3 is 2.70 bits per heavy atom. The number of nitrogens with zero attached hydrogens (tertiary/aromatic N) is 2. The normalized spacial score (nSPS) is 21.3. The van der Waals surface area contributed by atoms with E-state index in [4.69, 9.17) is 0 Å². The van der Waals surface area contributed by atoms with Gasteiger partial charge in [0.1, 0.15) is 0 Å². The number of carbonyl (C=O) groups excluding carboxylic acids is 1. The largest absolute Gasteiger partial charge is 0.325 e. The number of aromatic nitrogens is 2. The summed E-state index contributed by atoms with van der Waals surface area (Å²) < 4.78 is 0. The smallest absolute Gasteiger partial charge is 0.235 e. The Bertz CT molecular complexity index is 1400. The summed E-state index contributed by atoms with van der Waals surface area (Å²) in [5, 5.41) is 11.9. The van der Waals surface area contributed by atoms with Gasteiger partial charge in [0.25, 0.3) is 0 Å². The maximum atomic E-state index is 12.8. The van der Waals surface area contributed by atoms with Crippen molar-refractivity contribution in [3.8, 4) is 0 Å². The zero-order valence-corrected chi connectivity index (χ0v) is 18.8. The van der Waals surface area contributed by atoms with Gasteiger partial charge in [-0.1, -0.05) is 60.7 Å². The van der Waals surface area contributed by atoms with E-state index in [1.807, 2.05) is 18.2 Å². The van der Waals surface area contributed by atoms with Crippen LogP contribution >= 0.6 is 0 Å². The van der Waals surface area contributed by atoms with Crippen LogP contribution in [0.4, 0.5) is 5.69 Å². The number of hydrogen-bond acceptors (Lipinski definition) is 3. The third-order valence-electron chi connectivity index (χ3n) is 6.95. The summed E-state index contributed by atoms with van der Waals surface area (Å²) in [6, 6.07) is 23.1. The predicted octanol–water partition coefficient (Wildman–Crippen LogP) is 5.17. The second-order valence-corrected chi connectivity index (χ2v) is 9.45. The fourth-order valence-electron chi connectivity index (χ4n) is 5.23. The SMILES string of the molecule is CN(C)Cc1ccc(C=Cc2n[nH]c3cc([C@H]4C[C@]45C(=O)Nc4ccccc45)ccc23)cc1. The molecule has 1 fully saturated rings. The fourth-order valence-corrected chi connectivity index (χ4v) is 5.23. The number of H-pyrrole nitrogens is 1. The first-order valence-corrected chi connectivity index (χ1v) is 11.4. The third kappa shape index (κ3) is 3.28. The van der Waals surface area contributed by atoms with Crippen molar-refractivity contribution in [1.29, 1.82) is 0 Å². The summed E-state index contributed by atoms with van der Waals surface area (Å²) in [5.41, 5.74) is 7.23. The molecule has 1 aromatic heterocycles. The van der Waals surface area contributed by atoms with Gasteiger partial charge in [-0.05, 0) is 61.0 Å². The van der Waals surface area contributed by atoms with Crippen molar-refractivity contribution < 1.29 is 4.79 Å². The highest BCUT2D eigenvalue weighted by Crippen LogP contribution is 2.64.